The molecule has 0 aliphatic heterocycles. The van der Waals surface area contributed by atoms with Gasteiger partial charge in [-0.2, -0.15) is 0 Å². The van der Waals surface area contributed by atoms with Gasteiger partial charge in [0.2, 0.25) is 0 Å². The Kier molecular flexibility index (Phi) is 4.38. The van der Waals surface area contributed by atoms with E-state index in [1.54, 1.807) is 18.2 Å². The van der Waals surface area contributed by atoms with Crippen molar-refractivity contribution >= 4 is 12.6 Å². The number of rotatable bonds is 2. The zero-order valence-electron chi connectivity index (χ0n) is 8.94. The van der Waals surface area contributed by atoms with Gasteiger partial charge < -0.3 is 10.0 Å². The van der Waals surface area contributed by atoms with Gasteiger partial charge in [-0.05, 0) is 31.7 Å². The fourth-order valence-corrected chi connectivity index (χ4v) is 1.08. The van der Waals surface area contributed by atoms with E-state index in [1.807, 2.05) is 25.1 Å². The average molecular weight is 203 g/mol. The first-order chi connectivity index (χ1) is 7.09. The van der Waals surface area contributed by atoms with Gasteiger partial charge in [-0.25, -0.2) is 0 Å². The van der Waals surface area contributed by atoms with Crippen molar-refractivity contribution in [2.45, 2.75) is 0 Å². The molecule has 0 bridgehead atoms. The minimum atomic E-state index is -1.43. The summed E-state index contributed by atoms with van der Waals surface area (Å²) in [6, 6.07) is 6.93. The molecule has 0 aliphatic rings. The van der Waals surface area contributed by atoms with E-state index in [4.69, 9.17) is 10.0 Å². The van der Waals surface area contributed by atoms with Gasteiger partial charge in [0, 0.05) is 5.56 Å². The molecule has 0 saturated carbocycles. The van der Waals surface area contributed by atoms with E-state index in [9.17, 15) is 0 Å². The Bertz CT molecular complexity index is 380. The van der Waals surface area contributed by atoms with Crippen LogP contribution >= 0.6 is 0 Å². The Hall–Kier alpha value is -1.28. The van der Waals surface area contributed by atoms with E-state index in [0.717, 1.165) is 5.56 Å². The fourth-order valence-electron chi connectivity index (χ4n) is 1.08. The first-order valence-electron chi connectivity index (χ1n) is 4.69. The van der Waals surface area contributed by atoms with Gasteiger partial charge in [0.15, 0.2) is 0 Å². The maximum absolute atomic E-state index is 8.96. The van der Waals surface area contributed by atoms with Crippen LogP contribution in [0.25, 0.3) is 0 Å². The molecule has 78 valence electrons. The molecule has 0 aromatic heterocycles. The van der Waals surface area contributed by atoms with Crippen LogP contribution in [0.1, 0.15) is 5.56 Å². The minimum Gasteiger partial charge on any atom is -0.423 e. The van der Waals surface area contributed by atoms with Crippen LogP contribution in [0.3, 0.4) is 0 Å². The number of hydrogen-bond acceptors (Lipinski definition) is 3. The first-order valence-corrected chi connectivity index (χ1v) is 4.69. The van der Waals surface area contributed by atoms with Crippen molar-refractivity contribution in [2.24, 2.45) is 0 Å². The molecule has 0 unspecified atom stereocenters. The zero-order chi connectivity index (χ0) is 11.3. The third-order valence-corrected chi connectivity index (χ3v) is 1.81. The first kappa shape index (κ1) is 11.8. The summed E-state index contributed by atoms with van der Waals surface area (Å²) in [5.74, 6) is 5.94. The quantitative estimate of drug-likeness (QED) is 0.492. The van der Waals surface area contributed by atoms with Crippen LogP contribution in [0.15, 0.2) is 24.3 Å². The standard InChI is InChI=1S/C11H14BNO2/c1-13(2)8-4-6-10-5-3-7-11(9-10)12(14)15/h3,5,7,9,14-15H,8H2,1-2H3. The second-order valence-electron chi connectivity index (χ2n) is 3.54. The second-order valence-corrected chi connectivity index (χ2v) is 3.54. The summed E-state index contributed by atoms with van der Waals surface area (Å²) in [7, 11) is 2.46. The summed E-state index contributed by atoms with van der Waals surface area (Å²) in [5, 5.41) is 17.9. The molecule has 0 saturated heterocycles. The highest BCUT2D eigenvalue weighted by atomic mass is 16.4. The minimum absolute atomic E-state index is 0.464. The topological polar surface area (TPSA) is 43.7 Å². The van der Waals surface area contributed by atoms with E-state index in [0.29, 0.717) is 12.0 Å². The van der Waals surface area contributed by atoms with Gasteiger partial charge in [0.1, 0.15) is 0 Å². The molecular weight excluding hydrogens is 189 g/mol. The van der Waals surface area contributed by atoms with Crippen LogP contribution in [0.2, 0.25) is 0 Å². The van der Waals surface area contributed by atoms with Crippen molar-refractivity contribution in [3.05, 3.63) is 29.8 Å². The zero-order valence-corrected chi connectivity index (χ0v) is 8.94. The lowest BCUT2D eigenvalue weighted by Crippen LogP contribution is -2.29. The third-order valence-electron chi connectivity index (χ3n) is 1.81. The van der Waals surface area contributed by atoms with E-state index in [-0.39, 0.29) is 0 Å². The molecule has 1 rings (SSSR count). The number of hydrogen-bond donors (Lipinski definition) is 2. The number of benzene rings is 1. The average Bonchev–Trinajstić information content (AvgIpc) is 2.17. The van der Waals surface area contributed by atoms with Gasteiger partial charge in [-0.3, -0.25) is 4.90 Å². The number of nitrogens with zero attached hydrogens (tertiary/aromatic N) is 1. The summed E-state index contributed by atoms with van der Waals surface area (Å²) in [4.78, 5) is 1.97. The molecule has 1 aromatic rings. The van der Waals surface area contributed by atoms with E-state index < -0.39 is 7.12 Å². The summed E-state index contributed by atoms with van der Waals surface area (Å²) in [6.07, 6.45) is 0. The maximum atomic E-state index is 8.96. The highest BCUT2D eigenvalue weighted by Gasteiger charge is 2.09. The Morgan fingerprint density at radius 3 is 2.67 bits per heavy atom. The SMILES string of the molecule is CN(C)CC#Cc1cccc(B(O)O)c1. The van der Waals surface area contributed by atoms with Gasteiger partial charge in [0.25, 0.3) is 0 Å². The van der Waals surface area contributed by atoms with Crippen molar-refractivity contribution in [1.29, 1.82) is 0 Å². The monoisotopic (exact) mass is 203 g/mol. The summed E-state index contributed by atoms with van der Waals surface area (Å²) < 4.78 is 0. The van der Waals surface area contributed by atoms with Gasteiger partial charge >= 0.3 is 7.12 Å². The summed E-state index contributed by atoms with van der Waals surface area (Å²) in [6.45, 7) is 0.686. The largest absolute Gasteiger partial charge is 0.488 e. The molecule has 0 aliphatic carbocycles. The van der Waals surface area contributed by atoms with Gasteiger partial charge in [-0.1, -0.05) is 24.0 Å². The smallest absolute Gasteiger partial charge is 0.423 e. The molecule has 0 atom stereocenters. The lowest BCUT2D eigenvalue weighted by atomic mass is 9.80. The van der Waals surface area contributed by atoms with Crippen LogP contribution in [0.5, 0.6) is 0 Å². The third kappa shape index (κ3) is 4.17. The second kappa shape index (κ2) is 5.57. The maximum Gasteiger partial charge on any atom is 0.488 e. The molecule has 0 heterocycles. The lowest BCUT2D eigenvalue weighted by molar-refractivity contribution is 0.426. The van der Waals surface area contributed by atoms with Crippen LogP contribution in [0, 0.1) is 11.8 Å². The van der Waals surface area contributed by atoms with E-state index in [2.05, 4.69) is 11.8 Å². The molecule has 1 aromatic carbocycles. The summed E-state index contributed by atoms with van der Waals surface area (Å²) in [5.41, 5.74) is 1.26. The van der Waals surface area contributed by atoms with Crippen molar-refractivity contribution in [3.63, 3.8) is 0 Å². The van der Waals surface area contributed by atoms with E-state index in [1.165, 1.54) is 0 Å². The van der Waals surface area contributed by atoms with Crippen molar-refractivity contribution in [2.75, 3.05) is 20.6 Å². The van der Waals surface area contributed by atoms with Crippen LogP contribution in [0.4, 0.5) is 0 Å². The Balaban J connectivity index is 2.76. The van der Waals surface area contributed by atoms with Crippen molar-refractivity contribution < 1.29 is 10.0 Å². The van der Waals surface area contributed by atoms with Gasteiger partial charge in [0.05, 0.1) is 6.54 Å². The Morgan fingerprint density at radius 2 is 2.07 bits per heavy atom. The molecule has 0 spiro atoms. The molecular formula is C11H14BNO2. The Morgan fingerprint density at radius 1 is 1.33 bits per heavy atom. The molecule has 0 amide bonds. The molecule has 4 heteroatoms. The lowest BCUT2D eigenvalue weighted by Gasteiger charge is -2.01. The van der Waals surface area contributed by atoms with Gasteiger partial charge in [-0.15, -0.1) is 0 Å². The van der Waals surface area contributed by atoms with Crippen molar-refractivity contribution in [1.82, 2.24) is 4.90 Å². The van der Waals surface area contributed by atoms with Crippen molar-refractivity contribution in [3.8, 4) is 11.8 Å². The fraction of sp³-hybridized carbons (Fsp3) is 0.273. The Labute approximate surface area is 90.5 Å². The van der Waals surface area contributed by atoms with Crippen LogP contribution in [-0.4, -0.2) is 42.7 Å². The molecule has 0 radical (unpaired) electrons. The van der Waals surface area contributed by atoms with Crippen LogP contribution in [-0.2, 0) is 0 Å². The predicted octanol–water partition coefficient (Wildman–Crippen LogP) is -0.721. The molecule has 2 N–H and O–H groups in total. The summed E-state index contributed by atoms with van der Waals surface area (Å²) >= 11 is 0. The predicted molar refractivity (Wildman–Crippen MR) is 61.7 cm³/mol. The molecule has 0 fully saturated rings. The molecule has 3 nitrogen and oxygen atoms in total. The highest BCUT2D eigenvalue weighted by molar-refractivity contribution is 6.58. The molecule has 15 heavy (non-hydrogen) atoms. The van der Waals surface area contributed by atoms with Crippen LogP contribution < -0.4 is 5.46 Å². The normalized spacial score (nSPS) is 9.67. The highest BCUT2D eigenvalue weighted by Crippen LogP contribution is 1.94. The van der Waals surface area contributed by atoms with E-state index >= 15 is 0 Å².